The van der Waals surface area contributed by atoms with Crippen LogP contribution in [0.15, 0.2) is 71.4 Å². The van der Waals surface area contributed by atoms with Crippen LogP contribution in [0, 0.1) is 17.8 Å². The van der Waals surface area contributed by atoms with Gasteiger partial charge in [-0.15, -0.1) is 0 Å². The fourth-order valence-electron chi connectivity index (χ4n) is 12.3. The third-order valence-electron chi connectivity index (χ3n) is 16.2. The smallest absolute Gasteiger partial charge is 0.328 e. The Balaban J connectivity index is 1.31. The fraction of sp³-hybridized carbons (Fsp3) is 0.576. The lowest BCUT2D eigenvalue weighted by Crippen LogP contribution is -2.82. The van der Waals surface area contributed by atoms with E-state index in [1.54, 1.807) is 32.9 Å². The highest BCUT2D eigenvalue weighted by atomic mass is 16.7. The summed E-state index contributed by atoms with van der Waals surface area (Å²) in [6.45, 7) is 19.1. The molecule has 5 fully saturated rings. The zero-order valence-corrected chi connectivity index (χ0v) is 46.0. The molecule has 3 aliphatic carbocycles. The molecule has 4 aliphatic heterocycles. The Labute approximate surface area is 450 Å². The van der Waals surface area contributed by atoms with E-state index in [2.05, 4.69) is 16.7 Å². The molecule has 0 aromatic heterocycles. The minimum atomic E-state index is -1.95. The van der Waals surface area contributed by atoms with Crippen molar-refractivity contribution in [3.8, 4) is 17.2 Å². The number of nitrogens with one attached hydrogen (secondary N) is 2. The first-order valence-corrected chi connectivity index (χ1v) is 26.8. The molecule has 2 saturated heterocycles. The van der Waals surface area contributed by atoms with Gasteiger partial charge in [0.2, 0.25) is 12.2 Å². The molecule has 18 nitrogen and oxygen atoms in total. The van der Waals surface area contributed by atoms with Crippen LogP contribution < -0.4 is 24.8 Å². The summed E-state index contributed by atoms with van der Waals surface area (Å²) in [7, 11) is 0. The number of ketones is 2. The minimum Gasteiger partial charge on any atom is -0.482 e. The maximum Gasteiger partial charge on any atom is 0.328 e. The second kappa shape index (κ2) is 22.2. The van der Waals surface area contributed by atoms with Gasteiger partial charge in [-0.05, 0) is 120 Å². The van der Waals surface area contributed by atoms with E-state index in [1.807, 2.05) is 91.0 Å². The van der Waals surface area contributed by atoms with Crippen molar-refractivity contribution in [2.45, 2.75) is 186 Å². The molecule has 4 bridgehead atoms. The van der Waals surface area contributed by atoms with E-state index in [0.29, 0.717) is 18.4 Å². The lowest BCUT2D eigenvalue weighted by atomic mass is 9.45. The monoisotopic (exact) mass is 1070 g/mol. The van der Waals surface area contributed by atoms with Gasteiger partial charge in [0.15, 0.2) is 22.8 Å². The maximum atomic E-state index is 16.6. The van der Waals surface area contributed by atoms with Crippen LogP contribution in [-0.4, -0.2) is 134 Å². The van der Waals surface area contributed by atoms with Crippen molar-refractivity contribution in [2.24, 2.45) is 17.8 Å². The first kappa shape index (κ1) is 57.4. The van der Waals surface area contributed by atoms with Crippen molar-refractivity contribution in [2.75, 3.05) is 13.2 Å². The number of amides is 1. The molecule has 3 saturated carbocycles. The molecule has 77 heavy (non-hydrogen) atoms. The number of hydrogen-bond donors (Lipinski definition) is 6. The standard InChI is InChI=1S/C59H76N2O16/c1-12-71-53(69)33(7)60-43-38-27-40-56(9,10)77-58(51(38)67,26-22-32(6)52(68)61-34(8)54(70)72-29-35-18-14-13-15-19-35)59(40)42(43)45(64)41-49(74-55-47(66)46(65)44(63)39(28-62)73-55)37-23-25-57(11,24-16-17-30(2)3)75-48(37)36(50(41)76-59)21-20-31(4)5/h13-15,17-20,22-23,25,33-34,38-40,42-44,46-47,55,60,62-63,65-66H,12,16,21,24,26-29H2,1-11H3,(H,61,68)/t33?,34?,38?,39-,40?,42?,43?,44-,46+,47-,55+,57?,58?,59?/m1/s1. The number of esters is 2. The molecular weight excluding hydrogens is 993 g/mol. The topological polar surface area (TPSA) is 255 Å². The molecule has 2 aromatic rings. The van der Waals surface area contributed by atoms with Crippen molar-refractivity contribution in [3.05, 3.63) is 93.6 Å². The third-order valence-corrected chi connectivity index (χ3v) is 16.2. The number of carbonyl (C=O) groups is 5. The molecule has 2 aromatic carbocycles. The number of aliphatic hydroxyl groups is 4. The number of ether oxygens (including phenoxy) is 7. The Morgan fingerprint density at radius 3 is 2.22 bits per heavy atom. The summed E-state index contributed by atoms with van der Waals surface area (Å²) < 4.78 is 45.4. The number of carbonyl (C=O) groups excluding carboxylic acids is 5. The molecule has 1 amide bonds. The van der Waals surface area contributed by atoms with Crippen molar-refractivity contribution < 1.29 is 77.6 Å². The van der Waals surface area contributed by atoms with Gasteiger partial charge in [0, 0.05) is 35.4 Å². The van der Waals surface area contributed by atoms with E-state index in [-0.39, 0.29) is 66.4 Å². The number of hydrogen-bond acceptors (Lipinski definition) is 17. The Morgan fingerprint density at radius 1 is 0.870 bits per heavy atom. The second-order valence-electron chi connectivity index (χ2n) is 22.7. The zero-order chi connectivity index (χ0) is 56.1. The average molecular weight is 1070 g/mol. The van der Waals surface area contributed by atoms with E-state index < -0.39 is 125 Å². The van der Waals surface area contributed by atoms with Gasteiger partial charge in [0.05, 0.1) is 30.3 Å². The van der Waals surface area contributed by atoms with Crippen LogP contribution in [-0.2, 0) is 51.2 Å². The highest BCUT2D eigenvalue weighted by Gasteiger charge is 2.85. The molecule has 9 unspecified atom stereocenters. The van der Waals surface area contributed by atoms with Gasteiger partial charge in [0.1, 0.15) is 71.5 Å². The first-order valence-electron chi connectivity index (χ1n) is 26.8. The largest absolute Gasteiger partial charge is 0.482 e. The quantitative estimate of drug-likeness (QED) is 0.0579. The van der Waals surface area contributed by atoms with E-state index in [4.69, 9.17) is 33.2 Å². The fourth-order valence-corrected chi connectivity index (χ4v) is 12.3. The highest BCUT2D eigenvalue weighted by Crippen LogP contribution is 2.70. The van der Waals surface area contributed by atoms with E-state index >= 15 is 9.59 Å². The number of Topliss-reactive ketones (excluding diaryl/α,β-unsaturated/α-hetero) is 2. The van der Waals surface area contributed by atoms with Crippen LogP contribution >= 0.6 is 0 Å². The number of rotatable bonds is 19. The van der Waals surface area contributed by atoms with Crippen molar-refractivity contribution >= 4 is 35.5 Å². The summed E-state index contributed by atoms with van der Waals surface area (Å²) in [5, 5.41) is 49.6. The Bertz CT molecular complexity index is 2760. The normalized spacial score (nSPS) is 32.0. The summed E-state index contributed by atoms with van der Waals surface area (Å²) >= 11 is 0. The molecular formula is C59H76N2O16. The van der Waals surface area contributed by atoms with E-state index in [1.165, 1.54) is 6.92 Å². The molecule has 9 rings (SSSR count). The Morgan fingerprint density at radius 2 is 1.56 bits per heavy atom. The molecule has 1 spiro atoms. The van der Waals surface area contributed by atoms with Crippen LogP contribution in [0.1, 0.15) is 129 Å². The Hall–Kier alpha value is -5.73. The van der Waals surface area contributed by atoms with Gasteiger partial charge >= 0.3 is 11.9 Å². The maximum absolute atomic E-state index is 16.6. The second-order valence-corrected chi connectivity index (χ2v) is 22.7. The van der Waals surface area contributed by atoms with Gasteiger partial charge in [0.25, 0.3) is 0 Å². The molecule has 418 valence electrons. The molecule has 14 atom stereocenters. The minimum absolute atomic E-state index is 0.00587. The van der Waals surface area contributed by atoms with Crippen LogP contribution in [0.4, 0.5) is 0 Å². The highest BCUT2D eigenvalue weighted by molar-refractivity contribution is 6.11. The summed E-state index contributed by atoms with van der Waals surface area (Å²) in [4.78, 5) is 73.0. The van der Waals surface area contributed by atoms with Crippen LogP contribution in [0.25, 0.3) is 6.08 Å². The van der Waals surface area contributed by atoms with Gasteiger partial charge in [-0.25, -0.2) is 4.79 Å². The van der Waals surface area contributed by atoms with Gasteiger partial charge in [-0.1, -0.05) is 59.7 Å². The Kier molecular flexibility index (Phi) is 16.6. The number of fused-ring (bicyclic) bond motifs is 2. The van der Waals surface area contributed by atoms with Crippen molar-refractivity contribution in [1.82, 2.24) is 10.6 Å². The first-order chi connectivity index (χ1) is 36.3. The zero-order valence-electron chi connectivity index (χ0n) is 46.0. The number of aliphatic hydroxyl groups excluding tert-OH is 4. The molecule has 4 heterocycles. The van der Waals surface area contributed by atoms with Gasteiger partial charge in [-0.2, -0.15) is 0 Å². The van der Waals surface area contributed by atoms with E-state index in [9.17, 15) is 34.8 Å². The van der Waals surface area contributed by atoms with Crippen molar-refractivity contribution in [3.63, 3.8) is 0 Å². The molecule has 6 N–H and O–H groups in total. The van der Waals surface area contributed by atoms with Crippen LogP contribution in [0.2, 0.25) is 0 Å². The lowest BCUT2D eigenvalue weighted by molar-refractivity contribution is -0.277. The predicted molar refractivity (Wildman–Crippen MR) is 282 cm³/mol. The summed E-state index contributed by atoms with van der Waals surface area (Å²) in [6, 6.07) is 5.99. The SMILES string of the molecule is CCOC(=O)C(C)NC1C2CC3C(C)(C)OC(CC=C(C)C(=O)NC(C)C(=O)OCc4ccccc4)(C2=O)C32Oc3c(CC=C(C)C)c4c(c(O[C@@H]5O[C@H](CO)[C@@H](O)[C@H](O)[C@H]5O)c3C(=O)C12)C=CC(C)(CCC=C(C)C)O4. The summed E-state index contributed by atoms with van der Waals surface area (Å²) in [5.41, 5.74) is -2.29. The van der Waals surface area contributed by atoms with Crippen molar-refractivity contribution in [1.29, 1.82) is 0 Å². The summed E-state index contributed by atoms with van der Waals surface area (Å²) in [5.74, 6) is -5.67. The summed E-state index contributed by atoms with van der Waals surface area (Å²) in [6.07, 6.45) is 1.96. The van der Waals surface area contributed by atoms with Gasteiger partial charge < -0.3 is 64.2 Å². The van der Waals surface area contributed by atoms with E-state index in [0.717, 1.165) is 16.7 Å². The van der Waals surface area contributed by atoms with Gasteiger partial charge in [-0.3, -0.25) is 19.2 Å². The molecule has 18 heteroatoms. The van der Waals surface area contributed by atoms with Crippen LogP contribution in [0.3, 0.4) is 0 Å². The number of benzene rings is 2. The third kappa shape index (κ3) is 10.4. The predicted octanol–water partition coefficient (Wildman–Crippen LogP) is 5.48. The lowest BCUT2D eigenvalue weighted by Gasteiger charge is -2.63. The molecule has 7 aliphatic rings. The average Bonchev–Trinajstić information content (AvgIpc) is 3.53. The van der Waals surface area contributed by atoms with Crippen LogP contribution in [0.5, 0.6) is 17.2 Å². The number of allylic oxidation sites excluding steroid dienone is 4. The molecule has 0 radical (unpaired) electrons.